The highest BCUT2D eigenvalue weighted by atomic mass is 16.6. The van der Waals surface area contributed by atoms with Gasteiger partial charge in [-0.1, -0.05) is 60.7 Å². The van der Waals surface area contributed by atoms with Gasteiger partial charge in [0.2, 0.25) is 0 Å². The van der Waals surface area contributed by atoms with Crippen LogP contribution in [0, 0.1) is 0 Å². The van der Waals surface area contributed by atoms with Crippen LogP contribution in [-0.4, -0.2) is 12.2 Å². The molecule has 3 rings (SSSR count). The van der Waals surface area contributed by atoms with Crippen molar-refractivity contribution in [3.05, 3.63) is 71.8 Å². The van der Waals surface area contributed by atoms with Crippen LogP contribution in [0.3, 0.4) is 0 Å². The monoisotopic (exact) mass is 237 g/mol. The summed E-state index contributed by atoms with van der Waals surface area (Å²) in [5.41, 5.74) is 0.663. The quantitative estimate of drug-likeness (QED) is 0.753. The van der Waals surface area contributed by atoms with Gasteiger partial charge >= 0.3 is 5.97 Å². The van der Waals surface area contributed by atoms with E-state index >= 15 is 0 Å². The number of nitrogens with zero attached hydrogens (tertiary/aromatic N) is 1. The number of esters is 1. The van der Waals surface area contributed by atoms with Crippen molar-refractivity contribution in [3.63, 3.8) is 0 Å². The van der Waals surface area contributed by atoms with Crippen molar-refractivity contribution in [2.75, 3.05) is 0 Å². The SMILES string of the molecule is O=C1C=NC(c2ccccc2)(c2ccccc2)O1. The summed E-state index contributed by atoms with van der Waals surface area (Å²) in [6.45, 7) is 0. The molecule has 18 heavy (non-hydrogen) atoms. The molecule has 0 fully saturated rings. The lowest BCUT2D eigenvalue weighted by Gasteiger charge is -2.25. The molecule has 0 amide bonds. The van der Waals surface area contributed by atoms with Gasteiger partial charge in [-0.15, -0.1) is 0 Å². The number of benzene rings is 2. The molecule has 3 nitrogen and oxygen atoms in total. The average molecular weight is 237 g/mol. The third kappa shape index (κ3) is 1.61. The van der Waals surface area contributed by atoms with Crippen molar-refractivity contribution in [2.24, 2.45) is 4.99 Å². The highest BCUT2D eigenvalue weighted by Crippen LogP contribution is 2.37. The summed E-state index contributed by atoms with van der Waals surface area (Å²) in [5.74, 6) is -0.414. The number of ether oxygens (including phenoxy) is 1. The standard InChI is InChI=1S/C15H11NO2/c17-14-11-16-15(18-14,12-7-3-1-4-8-12)13-9-5-2-6-10-13/h1-11H. The Hall–Kier alpha value is -2.42. The van der Waals surface area contributed by atoms with E-state index in [4.69, 9.17) is 4.74 Å². The Morgan fingerprint density at radius 1 is 0.833 bits per heavy atom. The van der Waals surface area contributed by atoms with Gasteiger partial charge in [0.25, 0.3) is 5.72 Å². The molecule has 2 aromatic rings. The summed E-state index contributed by atoms with van der Waals surface area (Å²) in [6, 6.07) is 19.1. The van der Waals surface area contributed by atoms with Crippen molar-refractivity contribution in [1.82, 2.24) is 0 Å². The fraction of sp³-hybridized carbons (Fsp3) is 0.0667. The molecule has 0 spiro atoms. The number of rotatable bonds is 2. The van der Waals surface area contributed by atoms with E-state index in [0.717, 1.165) is 11.1 Å². The Morgan fingerprint density at radius 3 is 1.72 bits per heavy atom. The Balaban J connectivity index is 2.18. The molecule has 0 saturated heterocycles. The highest BCUT2D eigenvalue weighted by molar-refractivity contribution is 6.24. The van der Waals surface area contributed by atoms with Crippen LogP contribution in [0.1, 0.15) is 11.1 Å². The molecule has 3 heteroatoms. The van der Waals surface area contributed by atoms with Gasteiger partial charge in [0.1, 0.15) is 6.21 Å². The molecule has 0 bridgehead atoms. The van der Waals surface area contributed by atoms with Gasteiger partial charge in [0, 0.05) is 11.1 Å². The highest BCUT2D eigenvalue weighted by Gasteiger charge is 2.41. The normalized spacial score (nSPS) is 16.6. The Morgan fingerprint density at radius 2 is 1.33 bits per heavy atom. The van der Waals surface area contributed by atoms with E-state index in [-0.39, 0.29) is 0 Å². The predicted octanol–water partition coefficient (Wildman–Crippen LogP) is 2.52. The van der Waals surface area contributed by atoms with Gasteiger partial charge in [-0.2, -0.15) is 0 Å². The van der Waals surface area contributed by atoms with E-state index in [2.05, 4.69) is 4.99 Å². The van der Waals surface area contributed by atoms with E-state index in [1.54, 1.807) is 0 Å². The molecule has 0 radical (unpaired) electrons. The first-order valence-corrected chi connectivity index (χ1v) is 5.70. The van der Waals surface area contributed by atoms with Crippen molar-refractivity contribution < 1.29 is 9.53 Å². The second-order valence-electron chi connectivity index (χ2n) is 4.06. The lowest BCUT2D eigenvalue weighted by atomic mass is 9.95. The van der Waals surface area contributed by atoms with Crippen LogP contribution in [0.15, 0.2) is 65.7 Å². The molecule has 0 unspecified atom stereocenters. The zero-order valence-electron chi connectivity index (χ0n) is 9.61. The Bertz CT molecular complexity index is 551. The largest absolute Gasteiger partial charge is 0.424 e. The number of carbonyl (C=O) groups is 1. The fourth-order valence-electron chi connectivity index (χ4n) is 2.10. The summed E-state index contributed by atoms with van der Waals surface area (Å²) in [7, 11) is 0. The lowest BCUT2D eigenvalue weighted by molar-refractivity contribution is -0.143. The van der Waals surface area contributed by atoms with E-state index in [9.17, 15) is 4.79 Å². The second kappa shape index (κ2) is 4.11. The molecule has 1 aliphatic rings. The summed E-state index contributed by atoms with van der Waals surface area (Å²) in [4.78, 5) is 15.7. The average Bonchev–Trinajstić information content (AvgIpc) is 2.84. The first kappa shape index (κ1) is 10.7. The third-order valence-electron chi connectivity index (χ3n) is 2.93. The van der Waals surface area contributed by atoms with E-state index in [1.165, 1.54) is 6.21 Å². The zero-order chi connectivity index (χ0) is 12.4. The molecule has 0 aromatic heterocycles. The number of aliphatic imine (C=N–C) groups is 1. The first-order chi connectivity index (χ1) is 8.81. The van der Waals surface area contributed by atoms with E-state index < -0.39 is 11.7 Å². The predicted molar refractivity (Wildman–Crippen MR) is 68.2 cm³/mol. The lowest BCUT2D eigenvalue weighted by Crippen LogP contribution is -2.26. The van der Waals surface area contributed by atoms with Gasteiger partial charge in [-0.25, -0.2) is 9.79 Å². The number of hydrogen-bond donors (Lipinski definition) is 0. The van der Waals surface area contributed by atoms with Gasteiger partial charge in [0.05, 0.1) is 0 Å². The molecule has 0 N–H and O–H groups in total. The molecule has 88 valence electrons. The van der Waals surface area contributed by atoms with Crippen LogP contribution in [0.4, 0.5) is 0 Å². The second-order valence-corrected chi connectivity index (χ2v) is 4.06. The topological polar surface area (TPSA) is 38.7 Å². The maximum Gasteiger partial charge on any atom is 0.351 e. The van der Waals surface area contributed by atoms with Crippen LogP contribution in [0.25, 0.3) is 0 Å². The van der Waals surface area contributed by atoms with Crippen LogP contribution in [0.2, 0.25) is 0 Å². The molecule has 1 heterocycles. The van der Waals surface area contributed by atoms with Crippen molar-refractivity contribution in [3.8, 4) is 0 Å². The van der Waals surface area contributed by atoms with Gasteiger partial charge < -0.3 is 4.74 Å². The fourth-order valence-corrected chi connectivity index (χ4v) is 2.10. The Labute approximate surface area is 105 Å². The number of hydrogen-bond acceptors (Lipinski definition) is 3. The van der Waals surface area contributed by atoms with Crippen LogP contribution >= 0.6 is 0 Å². The van der Waals surface area contributed by atoms with Crippen molar-refractivity contribution in [2.45, 2.75) is 5.72 Å². The van der Waals surface area contributed by atoms with Crippen molar-refractivity contribution >= 4 is 12.2 Å². The zero-order valence-corrected chi connectivity index (χ0v) is 9.61. The van der Waals surface area contributed by atoms with E-state index in [0.29, 0.717) is 0 Å². The Kier molecular flexibility index (Phi) is 2.45. The molecule has 0 saturated carbocycles. The number of carbonyl (C=O) groups excluding carboxylic acids is 1. The van der Waals surface area contributed by atoms with Crippen LogP contribution in [0.5, 0.6) is 0 Å². The van der Waals surface area contributed by atoms with Gasteiger partial charge in [-0.05, 0) is 0 Å². The van der Waals surface area contributed by atoms with Crippen molar-refractivity contribution in [1.29, 1.82) is 0 Å². The number of cyclic esters (lactones) is 1. The molecule has 0 atom stereocenters. The molecule has 0 aliphatic carbocycles. The maximum absolute atomic E-state index is 11.4. The third-order valence-corrected chi connectivity index (χ3v) is 2.93. The van der Waals surface area contributed by atoms with Gasteiger partial charge in [-0.3, -0.25) is 0 Å². The summed E-state index contributed by atoms with van der Waals surface area (Å²) < 4.78 is 5.46. The minimum absolute atomic E-state index is 0.414. The summed E-state index contributed by atoms with van der Waals surface area (Å²) in [6.07, 6.45) is 1.24. The maximum atomic E-state index is 11.4. The van der Waals surface area contributed by atoms with Crippen LogP contribution in [-0.2, 0) is 15.3 Å². The summed E-state index contributed by atoms with van der Waals surface area (Å²) in [5, 5.41) is 0. The van der Waals surface area contributed by atoms with Gasteiger partial charge in [0.15, 0.2) is 0 Å². The molecular formula is C15H11NO2. The molecular weight excluding hydrogens is 226 g/mol. The smallest absolute Gasteiger partial charge is 0.351 e. The van der Waals surface area contributed by atoms with Crippen LogP contribution < -0.4 is 0 Å². The first-order valence-electron chi connectivity index (χ1n) is 5.70. The molecule has 2 aromatic carbocycles. The van der Waals surface area contributed by atoms with E-state index in [1.807, 2.05) is 60.7 Å². The minimum Gasteiger partial charge on any atom is -0.424 e. The summed E-state index contributed by atoms with van der Waals surface area (Å²) >= 11 is 0. The molecule has 1 aliphatic heterocycles. The minimum atomic E-state index is -1.03.